The van der Waals surface area contributed by atoms with Crippen LogP contribution in [0, 0.1) is 6.92 Å². The van der Waals surface area contributed by atoms with Crippen molar-refractivity contribution in [3.05, 3.63) is 45.6 Å². The lowest BCUT2D eigenvalue weighted by Crippen LogP contribution is -2.24. The largest absolute Gasteiger partial charge is 0.436 e. The van der Waals surface area contributed by atoms with Gasteiger partial charge in [0.1, 0.15) is 5.82 Å². The standard InChI is InChI=1S/C14H13BrF3N3/c1-8-3-2-4-9(7-8)10-5-6-19-13-11(15)12(14(16,17)18)20-21(10)13/h2-4,7,10,19H,5-6H2,1H3. The van der Waals surface area contributed by atoms with E-state index in [9.17, 15) is 13.2 Å². The maximum Gasteiger partial charge on any atom is 0.436 e. The number of alkyl halides is 3. The summed E-state index contributed by atoms with van der Waals surface area (Å²) in [5.41, 5.74) is 1.17. The average molecular weight is 360 g/mol. The number of aromatic nitrogens is 2. The molecule has 1 aliphatic rings. The van der Waals surface area contributed by atoms with Gasteiger partial charge in [-0.2, -0.15) is 18.3 Å². The molecular weight excluding hydrogens is 347 g/mol. The molecule has 1 atom stereocenters. The predicted octanol–water partition coefficient (Wildman–Crippen LogP) is 4.38. The third-order valence-corrected chi connectivity index (χ3v) is 4.30. The highest BCUT2D eigenvalue weighted by molar-refractivity contribution is 9.10. The summed E-state index contributed by atoms with van der Waals surface area (Å²) in [5.74, 6) is 0.389. The molecule has 1 aromatic heterocycles. The summed E-state index contributed by atoms with van der Waals surface area (Å²) >= 11 is 3.02. The van der Waals surface area contributed by atoms with Gasteiger partial charge in [0.05, 0.1) is 10.5 Å². The lowest BCUT2D eigenvalue weighted by molar-refractivity contribution is -0.142. The minimum Gasteiger partial charge on any atom is -0.369 e. The highest BCUT2D eigenvalue weighted by Gasteiger charge is 2.40. The van der Waals surface area contributed by atoms with Crippen LogP contribution < -0.4 is 5.32 Å². The summed E-state index contributed by atoms with van der Waals surface area (Å²) in [7, 11) is 0. The highest BCUT2D eigenvalue weighted by Crippen LogP contribution is 2.42. The van der Waals surface area contributed by atoms with Crippen LogP contribution in [-0.4, -0.2) is 16.3 Å². The Bertz CT molecular complexity index is 679. The molecule has 0 aliphatic carbocycles. The molecule has 0 bridgehead atoms. The molecule has 0 amide bonds. The Kier molecular flexibility index (Phi) is 3.47. The van der Waals surface area contributed by atoms with E-state index in [1.807, 2.05) is 31.2 Å². The zero-order valence-electron chi connectivity index (χ0n) is 11.2. The summed E-state index contributed by atoms with van der Waals surface area (Å²) in [6.07, 6.45) is -3.77. The van der Waals surface area contributed by atoms with Gasteiger partial charge in [-0.05, 0) is 34.8 Å². The topological polar surface area (TPSA) is 29.9 Å². The van der Waals surface area contributed by atoms with Crippen LogP contribution in [0.4, 0.5) is 19.0 Å². The monoisotopic (exact) mass is 359 g/mol. The number of nitrogens with one attached hydrogen (secondary N) is 1. The van der Waals surface area contributed by atoms with Crippen LogP contribution in [0.2, 0.25) is 0 Å². The Balaban J connectivity index is 2.10. The van der Waals surface area contributed by atoms with Gasteiger partial charge < -0.3 is 5.32 Å². The number of hydrogen-bond acceptors (Lipinski definition) is 2. The van der Waals surface area contributed by atoms with Gasteiger partial charge in [0.15, 0.2) is 5.69 Å². The fourth-order valence-corrected chi connectivity index (χ4v) is 3.24. The molecule has 1 aromatic carbocycles. The van der Waals surface area contributed by atoms with Crippen molar-refractivity contribution in [3.8, 4) is 0 Å². The zero-order chi connectivity index (χ0) is 15.2. The van der Waals surface area contributed by atoms with Crippen LogP contribution in [-0.2, 0) is 6.18 Å². The van der Waals surface area contributed by atoms with Crippen molar-refractivity contribution in [2.75, 3.05) is 11.9 Å². The van der Waals surface area contributed by atoms with Crippen molar-refractivity contribution in [1.29, 1.82) is 0 Å². The van der Waals surface area contributed by atoms with E-state index in [4.69, 9.17) is 0 Å². The molecule has 21 heavy (non-hydrogen) atoms. The lowest BCUT2D eigenvalue weighted by atomic mass is 10.0. The SMILES string of the molecule is Cc1cccc(C2CCNc3c(Br)c(C(F)(F)F)nn32)c1. The molecule has 0 radical (unpaired) electrons. The maximum atomic E-state index is 13.0. The van der Waals surface area contributed by atoms with E-state index in [0.717, 1.165) is 11.1 Å². The number of aryl methyl sites for hydroxylation is 1. The average Bonchev–Trinajstić information content (AvgIpc) is 2.76. The zero-order valence-corrected chi connectivity index (χ0v) is 12.8. The Morgan fingerprint density at radius 2 is 2.14 bits per heavy atom. The van der Waals surface area contributed by atoms with Crippen molar-refractivity contribution < 1.29 is 13.2 Å². The fraction of sp³-hybridized carbons (Fsp3) is 0.357. The molecule has 0 fully saturated rings. The summed E-state index contributed by atoms with van der Waals surface area (Å²) in [6.45, 7) is 2.58. The molecule has 112 valence electrons. The summed E-state index contributed by atoms with van der Waals surface area (Å²) in [5, 5.41) is 6.78. The molecule has 0 saturated carbocycles. The van der Waals surface area contributed by atoms with Crippen LogP contribution in [0.1, 0.15) is 29.3 Å². The van der Waals surface area contributed by atoms with Crippen LogP contribution in [0.3, 0.4) is 0 Å². The van der Waals surface area contributed by atoms with E-state index in [2.05, 4.69) is 26.3 Å². The first-order valence-corrected chi connectivity index (χ1v) is 7.33. The smallest absolute Gasteiger partial charge is 0.369 e. The van der Waals surface area contributed by atoms with Crippen LogP contribution in [0.15, 0.2) is 28.7 Å². The van der Waals surface area contributed by atoms with Gasteiger partial charge in [-0.3, -0.25) is 0 Å². The van der Waals surface area contributed by atoms with Gasteiger partial charge in [0.25, 0.3) is 0 Å². The molecule has 1 N–H and O–H groups in total. The second-order valence-corrected chi connectivity index (χ2v) is 5.89. The Morgan fingerprint density at radius 1 is 1.38 bits per heavy atom. The molecule has 3 nitrogen and oxygen atoms in total. The third-order valence-electron chi connectivity index (χ3n) is 3.55. The van der Waals surface area contributed by atoms with Gasteiger partial charge in [0.2, 0.25) is 0 Å². The maximum absolute atomic E-state index is 13.0. The minimum atomic E-state index is -4.47. The first-order valence-electron chi connectivity index (χ1n) is 6.53. The normalized spacial score (nSPS) is 18.2. The van der Waals surface area contributed by atoms with Crippen LogP contribution >= 0.6 is 15.9 Å². The number of rotatable bonds is 1. The van der Waals surface area contributed by atoms with E-state index >= 15 is 0 Å². The van der Waals surface area contributed by atoms with Crippen LogP contribution in [0.25, 0.3) is 0 Å². The number of hydrogen-bond donors (Lipinski definition) is 1. The molecule has 2 aromatic rings. The van der Waals surface area contributed by atoms with Crippen molar-refractivity contribution in [2.45, 2.75) is 25.6 Å². The van der Waals surface area contributed by atoms with E-state index in [1.54, 1.807) is 0 Å². The first kappa shape index (κ1) is 14.4. The number of nitrogens with zero attached hydrogens (tertiary/aromatic N) is 2. The number of fused-ring (bicyclic) bond motifs is 1. The molecule has 2 heterocycles. The number of halogens is 4. The van der Waals surface area contributed by atoms with Gasteiger partial charge in [0, 0.05) is 6.54 Å². The van der Waals surface area contributed by atoms with Gasteiger partial charge >= 0.3 is 6.18 Å². The summed E-state index contributed by atoms with van der Waals surface area (Å²) < 4.78 is 40.4. The second kappa shape index (κ2) is 5.05. The Hall–Kier alpha value is -1.50. The number of benzene rings is 1. The van der Waals surface area contributed by atoms with E-state index in [0.29, 0.717) is 18.8 Å². The molecule has 7 heteroatoms. The quantitative estimate of drug-likeness (QED) is 0.818. The van der Waals surface area contributed by atoms with Gasteiger partial charge in [-0.15, -0.1) is 0 Å². The second-order valence-electron chi connectivity index (χ2n) is 5.10. The fourth-order valence-electron chi connectivity index (χ4n) is 2.61. The van der Waals surface area contributed by atoms with Gasteiger partial charge in [-0.1, -0.05) is 29.8 Å². The summed E-state index contributed by atoms with van der Waals surface area (Å²) in [4.78, 5) is 0. The van der Waals surface area contributed by atoms with Gasteiger partial charge in [-0.25, -0.2) is 4.68 Å². The van der Waals surface area contributed by atoms with Crippen molar-refractivity contribution in [3.63, 3.8) is 0 Å². The van der Waals surface area contributed by atoms with Crippen molar-refractivity contribution >= 4 is 21.7 Å². The minimum absolute atomic E-state index is 0.0210. The van der Waals surface area contributed by atoms with E-state index in [-0.39, 0.29) is 10.5 Å². The molecule has 3 rings (SSSR count). The molecular formula is C14H13BrF3N3. The molecule has 0 spiro atoms. The predicted molar refractivity (Wildman–Crippen MR) is 77.4 cm³/mol. The van der Waals surface area contributed by atoms with Crippen molar-refractivity contribution in [1.82, 2.24) is 9.78 Å². The lowest BCUT2D eigenvalue weighted by Gasteiger charge is -2.26. The number of anilines is 1. The first-order chi connectivity index (χ1) is 9.88. The molecule has 1 unspecified atom stereocenters. The third kappa shape index (κ3) is 2.54. The van der Waals surface area contributed by atoms with E-state index in [1.165, 1.54) is 4.68 Å². The highest BCUT2D eigenvalue weighted by atomic mass is 79.9. The van der Waals surface area contributed by atoms with Crippen molar-refractivity contribution in [2.24, 2.45) is 0 Å². The summed E-state index contributed by atoms with van der Waals surface area (Å²) in [6, 6.07) is 7.60. The molecule has 0 saturated heterocycles. The Labute approximate surface area is 128 Å². The van der Waals surface area contributed by atoms with Crippen LogP contribution in [0.5, 0.6) is 0 Å². The molecule has 1 aliphatic heterocycles. The Morgan fingerprint density at radius 3 is 2.81 bits per heavy atom. The van der Waals surface area contributed by atoms with E-state index < -0.39 is 11.9 Å².